The number of nitrogens with one attached hydrogen (secondary N) is 1. The van der Waals surface area contributed by atoms with Gasteiger partial charge in [0.25, 0.3) is 0 Å². The zero-order valence-electron chi connectivity index (χ0n) is 14.7. The van der Waals surface area contributed by atoms with E-state index in [-0.39, 0.29) is 5.82 Å². The lowest BCUT2D eigenvalue weighted by Gasteiger charge is -2.29. The Bertz CT molecular complexity index is 774. The van der Waals surface area contributed by atoms with E-state index in [1.54, 1.807) is 17.7 Å². The molecule has 1 N–H and O–H groups in total. The summed E-state index contributed by atoms with van der Waals surface area (Å²) in [6, 6.07) is 6.88. The summed E-state index contributed by atoms with van der Waals surface area (Å²) in [7, 11) is 0. The van der Waals surface area contributed by atoms with Crippen molar-refractivity contribution in [2.24, 2.45) is 4.99 Å². The van der Waals surface area contributed by atoms with E-state index in [4.69, 9.17) is 0 Å². The van der Waals surface area contributed by atoms with Gasteiger partial charge in [-0.25, -0.2) is 4.39 Å². The lowest BCUT2D eigenvalue weighted by Crippen LogP contribution is -2.33. The van der Waals surface area contributed by atoms with Crippen LogP contribution >= 0.6 is 0 Å². The van der Waals surface area contributed by atoms with Crippen molar-refractivity contribution in [2.75, 3.05) is 19.6 Å². The number of hydrogen-bond donors (Lipinski definition) is 1. The van der Waals surface area contributed by atoms with Gasteiger partial charge >= 0.3 is 0 Å². The minimum absolute atomic E-state index is 0.159. The molecule has 0 spiro atoms. The molecule has 0 atom stereocenters. The number of nitrogens with zero attached hydrogens (tertiary/aromatic N) is 2. The van der Waals surface area contributed by atoms with Crippen molar-refractivity contribution < 1.29 is 4.39 Å². The number of hydrogen-bond acceptors (Lipinski definition) is 3. The molecule has 1 saturated heterocycles. The van der Waals surface area contributed by atoms with Gasteiger partial charge in [0.15, 0.2) is 0 Å². The lowest BCUT2D eigenvalue weighted by molar-refractivity contribution is 0.259. The van der Waals surface area contributed by atoms with Crippen LogP contribution in [0.2, 0.25) is 0 Å². The van der Waals surface area contributed by atoms with Gasteiger partial charge in [-0.1, -0.05) is 17.7 Å². The van der Waals surface area contributed by atoms with Gasteiger partial charge in [-0.05, 0) is 61.4 Å². The van der Waals surface area contributed by atoms with Crippen LogP contribution < -0.4 is 5.32 Å². The maximum absolute atomic E-state index is 13.0. The molecule has 2 aliphatic heterocycles. The number of allylic oxidation sites excluding steroid dienone is 2. The highest BCUT2D eigenvalue weighted by Crippen LogP contribution is 2.34. The Balaban J connectivity index is 1.36. The largest absolute Gasteiger partial charge is 0.359 e. The first-order chi connectivity index (χ1) is 12.2. The highest BCUT2D eigenvalue weighted by molar-refractivity contribution is 6.16. The van der Waals surface area contributed by atoms with E-state index in [0.717, 1.165) is 51.0 Å². The van der Waals surface area contributed by atoms with Crippen LogP contribution in [0.15, 0.2) is 64.1 Å². The highest BCUT2D eigenvalue weighted by Gasteiger charge is 2.28. The standard InChI is InChI=1S/C21H24FN3/c1-15-14-19(21-20(15)23-9-10-24-21)17-7-12-25(13-8-17)11-6-16-2-4-18(22)5-3-16/h2-5,9-10,23H,6-8,11-14H2,1H3. The molecule has 1 fully saturated rings. The minimum Gasteiger partial charge on any atom is -0.359 e. The molecular formula is C21H24FN3. The topological polar surface area (TPSA) is 27.6 Å². The minimum atomic E-state index is -0.159. The average molecular weight is 337 g/mol. The number of likely N-dealkylation sites (tertiary alicyclic amines) is 1. The smallest absolute Gasteiger partial charge is 0.123 e. The van der Waals surface area contributed by atoms with Crippen LogP contribution in [0.4, 0.5) is 4.39 Å². The second kappa shape index (κ2) is 6.96. The van der Waals surface area contributed by atoms with E-state index in [2.05, 4.69) is 22.1 Å². The summed E-state index contributed by atoms with van der Waals surface area (Å²) in [6.07, 6.45) is 8.04. The van der Waals surface area contributed by atoms with Crippen molar-refractivity contribution in [1.82, 2.24) is 10.2 Å². The van der Waals surface area contributed by atoms with Crippen LogP contribution in [0.1, 0.15) is 31.7 Å². The van der Waals surface area contributed by atoms with Crippen molar-refractivity contribution in [1.29, 1.82) is 0 Å². The second-order valence-corrected chi connectivity index (χ2v) is 7.07. The van der Waals surface area contributed by atoms with Crippen LogP contribution in [0.25, 0.3) is 0 Å². The van der Waals surface area contributed by atoms with E-state index in [0.29, 0.717) is 0 Å². The second-order valence-electron chi connectivity index (χ2n) is 7.07. The molecule has 130 valence electrons. The molecule has 4 heteroatoms. The Morgan fingerprint density at radius 2 is 1.92 bits per heavy atom. The Morgan fingerprint density at radius 1 is 1.16 bits per heavy atom. The van der Waals surface area contributed by atoms with Gasteiger partial charge in [-0.2, -0.15) is 0 Å². The first-order valence-corrected chi connectivity index (χ1v) is 9.08. The zero-order chi connectivity index (χ0) is 17.2. The summed E-state index contributed by atoms with van der Waals surface area (Å²) in [4.78, 5) is 7.13. The number of piperidine rings is 1. The van der Waals surface area contributed by atoms with Crippen LogP contribution in [0.5, 0.6) is 0 Å². The molecule has 0 unspecified atom stereocenters. The average Bonchev–Trinajstić information content (AvgIpc) is 2.99. The number of halogens is 1. The van der Waals surface area contributed by atoms with Crippen LogP contribution in [-0.2, 0) is 6.42 Å². The van der Waals surface area contributed by atoms with Crippen LogP contribution in [-0.4, -0.2) is 30.2 Å². The third-order valence-corrected chi connectivity index (χ3v) is 5.41. The summed E-state index contributed by atoms with van der Waals surface area (Å²) in [5, 5.41) is 3.35. The molecule has 0 radical (unpaired) electrons. The molecule has 1 aromatic carbocycles. The Hall–Kier alpha value is -2.20. The molecule has 1 aromatic rings. The summed E-state index contributed by atoms with van der Waals surface area (Å²) in [5.41, 5.74) is 7.99. The Labute approximate surface area is 148 Å². The van der Waals surface area contributed by atoms with Crippen molar-refractivity contribution >= 4 is 5.71 Å². The van der Waals surface area contributed by atoms with E-state index < -0.39 is 0 Å². The fourth-order valence-corrected chi connectivity index (χ4v) is 3.94. The van der Waals surface area contributed by atoms with Crippen molar-refractivity contribution in [3.05, 3.63) is 70.5 Å². The molecule has 2 heterocycles. The summed E-state index contributed by atoms with van der Waals surface area (Å²) < 4.78 is 13.0. The first kappa shape index (κ1) is 16.3. The lowest BCUT2D eigenvalue weighted by atomic mass is 9.94. The molecule has 0 bridgehead atoms. The monoisotopic (exact) mass is 337 g/mol. The zero-order valence-corrected chi connectivity index (χ0v) is 14.7. The number of benzene rings is 1. The number of aliphatic imine (C=N–C) groups is 1. The molecule has 4 rings (SSSR count). The van der Waals surface area contributed by atoms with E-state index in [1.165, 1.54) is 22.4 Å². The fraction of sp³-hybridized carbons (Fsp3) is 0.381. The van der Waals surface area contributed by atoms with Gasteiger partial charge in [0.2, 0.25) is 0 Å². The Morgan fingerprint density at radius 3 is 2.68 bits per heavy atom. The number of fused-ring (bicyclic) bond motifs is 1. The highest BCUT2D eigenvalue weighted by atomic mass is 19.1. The Kier molecular flexibility index (Phi) is 4.53. The molecule has 0 amide bonds. The third kappa shape index (κ3) is 3.45. The van der Waals surface area contributed by atoms with E-state index in [9.17, 15) is 4.39 Å². The van der Waals surface area contributed by atoms with Gasteiger partial charge in [0.05, 0.1) is 11.4 Å². The summed E-state index contributed by atoms with van der Waals surface area (Å²) >= 11 is 0. The third-order valence-electron chi connectivity index (χ3n) is 5.41. The molecule has 1 aliphatic carbocycles. The molecule has 0 aromatic heterocycles. The summed E-state index contributed by atoms with van der Waals surface area (Å²) in [6.45, 7) is 5.44. The van der Waals surface area contributed by atoms with Gasteiger partial charge in [-0.3, -0.25) is 4.99 Å². The van der Waals surface area contributed by atoms with Gasteiger partial charge in [0, 0.05) is 32.0 Å². The molecule has 25 heavy (non-hydrogen) atoms. The van der Waals surface area contributed by atoms with Crippen molar-refractivity contribution in [3.8, 4) is 0 Å². The van der Waals surface area contributed by atoms with Gasteiger partial charge in [-0.15, -0.1) is 0 Å². The van der Waals surface area contributed by atoms with E-state index in [1.807, 2.05) is 24.5 Å². The van der Waals surface area contributed by atoms with Gasteiger partial charge < -0.3 is 10.2 Å². The predicted octanol–water partition coefficient (Wildman–Crippen LogP) is 3.95. The van der Waals surface area contributed by atoms with Crippen molar-refractivity contribution in [3.63, 3.8) is 0 Å². The number of rotatable bonds is 3. The molecular weight excluding hydrogens is 313 g/mol. The first-order valence-electron chi connectivity index (χ1n) is 9.08. The van der Waals surface area contributed by atoms with Crippen LogP contribution in [0, 0.1) is 5.82 Å². The molecule has 3 aliphatic rings. The maximum Gasteiger partial charge on any atom is 0.123 e. The molecule has 3 nitrogen and oxygen atoms in total. The quantitative estimate of drug-likeness (QED) is 0.904. The normalized spacial score (nSPS) is 20.6. The fourth-order valence-electron chi connectivity index (χ4n) is 3.94. The SMILES string of the molecule is CC1=C2NC=CN=C2C(=C2CCN(CCc3ccc(F)cc3)CC2)C1. The summed E-state index contributed by atoms with van der Waals surface area (Å²) in [5.74, 6) is -0.159. The maximum atomic E-state index is 13.0. The van der Waals surface area contributed by atoms with E-state index >= 15 is 0 Å². The van der Waals surface area contributed by atoms with Crippen molar-refractivity contribution in [2.45, 2.75) is 32.6 Å². The van der Waals surface area contributed by atoms with Crippen LogP contribution in [0.3, 0.4) is 0 Å². The predicted molar refractivity (Wildman–Crippen MR) is 99.8 cm³/mol. The van der Waals surface area contributed by atoms with Gasteiger partial charge in [0.1, 0.15) is 5.82 Å². The molecule has 0 saturated carbocycles.